The van der Waals surface area contributed by atoms with Gasteiger partial charge in [0.05, 0.1) is 13.2 Å². The van der Waals surface area contributed by atoms with E-state index < -0.39 is 0 Å². The number of carbonyl (C=O) groups is 1. The van der Waals surface area contributed by atoms with E-state index in [-0.39, 0.29) is 5.91 Å². The molecule has 17 heavy (non-hydrogen) atoms. The molecule has 1 heterocycles. The summed E-state index contributed by atoms with van der Waals surface area (Å²) in [5, 5.41) is 2.96. The Kier molecular flexibility index (Phi) is 2.63. The first-order chi connectivity index (χ1) is 8.33. The highest BCUT2D eigenvalue weighted by Gasteiger charge is 2.24. The molecule has 1 saturated carbocycles. The lowest BCUT2D eigenvalue weighted by atomic mass is 10.2. The molecule has 4 nitrogen and oxygen atoms in total. The highest BCUT2D eigenvalue weighted by molar-refractivity contribution is 5.95. The van der Waals surface area contributed by atoms with E-state index in [1.807, 2.05) is 6.07 Å². The van der Waals surface area contributed by atoms with Gasteiger partial charge in [-0.15, -0.1) is 0 Å². The number of ether oxygens (including phenoxy) is 2. The number of rotatable bonds is 2. The summed E-state index contributed by atoms with van der Waals surface area (Å²) in [6.45, 7) is 1.31. The third kappa shape index (κ3) is 2.35. The van der Waals surface area contributed by atoms with Gasteiger partial charge < -0.3 is 14.8 Å². The molecular formula is C13H15NO3. The summed E-state index contributed by atoms with van der Waals surface area (Å²) in [5.41, 5.74) is 0.640. The largest absolute Gasteiger partial charge is 0.490 e. The Morgan fingerprint density at radius 2 is 1.94 bits per heavy atom. The Bertz CT molecular complexity index is 440. The van der Waals surface area contributed by atoms with E-state index in [1.54, 1.807) is 12.1 Å². The number of nitrogens with one attached hydrogen (secondary N) is 1. The fraction of sp³-hybridized carbons (Fsp3) is 0.462. The average molecular weight is 233 g/mol. The molecule has 1 aromatic carbocycles. The van der Waals surface area contributed by atoms with Crippen molar-refractivity contribution in [3.05, 3.63) is 23.8 Å². The molecule has 0 atom stereocenters. The second-order valence-corrected chi connectivity index (χ2v) is 4.46. The molecule has 1 aliphatic carbocycles. The lowest BCUT2D eigenvalue weighted by Gasteiger charge is -2.09. The summed E-state index contributed by atoms with van der Waals surface area (Å²) in [5.74, 6) is 1.37. The summed E-state index contributed by atoms with van der Waals surface area (Å²) >= 11 is 0. The Balaban J connectivity index is 1.80. The maximum atomic E-state index is 11.9. The molecule has 3 rings (SSSR count). The van der Waals surface area contributed by atoms with Gasteiger partial charge in [0, 0.05) is 18.0 Å². The minimum absolute atomic E-state index is 0.0249. The van der Waals surface area contributed by atoms with Crippen LogP contribution in [0.5, 0.6) is 11.5 Å². The van der Waals surface area contributed by atoms with E-state index in [0.717, 1.165) is 25.0 Å². The number of hydrogen-bond acceptors (Lipinski definition) is 3. The van der Waals surface area contributed by atoms with Gasteiger partial charge in [-0.2, -0.15) is 0 Å². The van der Waals surface area contributed by atoms with Crippen LogP contribution >= 0.6 is 0 Å². The van der Waals surface area contributed by atoms with Crippen molar-refractivity contribution in [3.63, 3.8) is 0 Å². The minimum Gasteiger partial charge on any atom is -0.490 e. The Morgan fingerprint density at radius 1 is 1.18 bits per heavy atom. The molecule has 0 spiro atoms. The van der Waals surface area contributed by atoms with Gasteiger partial charge in [-0.25, -0.2) is 0 Å². The number of carbonyl (C=O) groups excluding carboxylic acids is 1. The molecule has 4 heteroatoms. The smallest absolute Gasteiger partial charge is 0.251 e. The van der Waals surface area contributed by atoms with E-state index in [2.05, 4.69) is 5.32 Å². The number of benzene rings is 1. The predicted octanol–water partition coefficient (Wildman–Crippen LogP) is 1.74. The van der Waals surface area contributed by atoms with Crippen molar-refractivity contribution in [2.75, 3.05) is 13.2 Å². The van der Waals surface area contributed by atoms with E-state index >= 15 is 0 Å². The van der Waals surface area contributed by atoms with Crippen LogP contribution in [0.2, 0.25) is 0 Å². The van der Waals surface area contributed by atoms with Crippen LogP contribution in [0.1, 0.15) is 29.6 Å². The Labute approximate surface area is 99.9 Å². The molecule has 2 aliphatic rings. The van der Waals surface area contributed by atoms with E-state index in [0.29, 0.717) is 30.6 Å². The van der Waals surface area contributed by atoms with Crippen molar-refractivity contribution >= 4 is 5.91 Å². The van der Waals surface area contributed by atoms with Crippen molar-refractivity contribution in [1.82, 2.24) is 5.32 Å². The Morgan fingerprint density at radius 3 is 2.71 bits per heavy atom. The van der Waals surface area contributed by atoms with Gasteiger partial charge >= 0.3 is 0 Å². The zero-order valence-corrected chi connectivity index (χ0v) is 9.57. The number of hydrogen-bond donors (Lipinski definition) is 1. The van der Waals surface area contributed by atoms with Gasteiger partial charge in [0.1, 0.15) is 0 Å². The maximum Gasteiger partial charge on any atom is 0.251 e. The first-order valence-corrected chi connectivity index (χ1v) is 6.03. The van der Waals surface area contributed by atoms with E-state index in [9.17, 15) is 4.79 Å². The van der Waals surface area contributed by atoms with Crippen molar-refractivity contribution in [2.24, 2.45) is 0 Å². The molecule has 1 aromatic rings. The van der Waals surface area contributed by atoms with Crippen LogP contribution in [0.15, 0.2) is 18.2 Å². The molecule has 0 bridgehead atoms. The maximum absolute atomic E-state index is 11.9. The van der Waals surface area contributed by atoms with Crippen molar-refractivity contribution < 1.29 is 14.3 Å². The van der Waals surface area contributed by atoms with Crippen LogP contribution < -0.4 is 14.8 Å². The fourth-order valence-electron chi connectivity index (χ4n) is 1.80. The first kappa shape index (κ1) is 10.4. The molecule has 1 N–H and O–H groups in total. The molecule has 0 aromatic heterocycles. The zero-order valence-electron chi connectivity index (χ0n) is 9.57. The second-order valence-electron chi connectivity index (χ2n) is 4.46. The van der Waals surface area contributed by atoms with Crippen molar-refractivity contribution in [2.45, 2.75) is 25.3 Å². The SMILES string of the molecule is O=C(NC1CC1)c1ccc2c(c1)OCCCO2. The molecular weight excluding hydrogens is 218 g/mol. The van der Waals surface area contributed by atoms with Crippen LogP contribution in [0, 0.1) is 0 Å². The average Bonchev–Trinajstić information content (AvgIpc) is 3.14. The first-order valence-electron chi connectivity index (χ1n) is 6.03. The molecule has 0 radical (unpaired) electrons. The lowest BCUT2D eigenvalue weighted by molar-refractivity contribution is 0.0950. The third-order valence-electron chi connectivity index (χ3n) is 2.92. The van der Waals surface area contributed by atoms with E-state index in [4.69, 9.17) is 9.47 Å². The van der Waals surface area contributed by atoms with Crippen LogP contribution in [0.25, 0.3) is 0 Å². The zero-order chi connectivity index (χ0) is 11.7. The van der Waals surface area contributed by atoms with Crippen molar-refractivity contribution in [1.29, 1.82) is 0 Å². The number of fused-ring (bicyclic) bond motifs is 1. The summed E-state index contributed by atoms with van der Waals surface area (Å²) in [6, 6.07) is 5.73. The van der Waals surface area contributed by atoms with Crippen LogP contribution in [-0.2, 0) is 0 Å². The predicted molar refractivity (Wildman–Crippen MR) is 62.5 cm³/mol. The highest BCUT2D eigenvalue weighted by Crippen LogP contribution is 2.30. The third-order valence-corrected chi connectivity index (χ3v) is 2.92. The highest BCUT2D eigenvalue weighted by atomic mass is 16.5. The quantitative estimate of drug-likeness (QED) is 0.846. The van der Waals surface area contributed by atoms with E-state index in [1.165, 1.54) is 0 Å². The van der Waals surface area contributed by atoms with Crippen molar-refractivity contribution in [3.8, 4) is 11.5 Å². The summed E-state index contributed by atoms with van der Waals surface area (Å²) in [6.07, 6.45) is 3.06. The van der Waals surface area contributed by atoms with Gasteiger partial charge in [-0.05, 0) is 31.0 Å². The molecule has 90 valence electrons. The lowest BCUT2D eigenvalue weighted by Crippen LogP contribution is -2.25. The van der Waals surface area contributed by atoms with Crippen LogP contribution in [-0.4, -0.2) is 25.2 Å². The van der Waals surface area contributed by atoms with Gasteiger partial charge in [0.15, 0.2) is 11.5 Å². The molecule has 1 amide bonds. The van der Waals surface area contributed by atoms with Gasteiger partial charge in [-0.3, -0.25) is 4.79 Å². The summed E-state index contributed by atoms with van der Waals surface area (Å²) in [4.78, 5) is 11.9. The monoisotopic (exact) mass is 233 g/mol. The molecule has 0 unspecified atom stereocenters. The molecule has 1 fully saturated rings. The topological polar surface area (TPSA) is 47.6 Å². The summed E-state index contributed by atoms with van der Waals surface area (Å²) in [7, 11) is 0. The molecule has 1 aliphatic heterocycles. The fourth-order valence-corrected chi connectivity index (χ4v) is 1.80. The number of amides is 1. The standard InChI is InChI=1S/C13H15NO3/c15-13(14-10-3-4-10)9-2-5-11-12(8-9)17-7-1-6-16-11/h2,5,8,10H,1,3-4,6-7H2,(H,14,15). The second kappa shape index (κ2) is 4.28. The van der Waals surface area contributed by atoms with Crippen LogP contribution in [0.4, 0.5) is 0 Å². The van der Waals surface area contributed by atoms with Crippen LogP contribution in [0.3, 0.4) is 0 Å². The van der Waals surface area contributed by atoms with Gasteiger partial charge in [0.25, 0.3) is 5.91 Å². The summed E-state index contributed by atoms with van der Waals surface area (Å²) < 4.78 is 11.1. The van der Waals surface area contributed by atoms with Gasteiger partial charge in [-0.1, -0.05) is 0 Å². The normalized spacial score (nSPS) is 18.4. The van der Waals surface area contributed by atoms with Gasteiger partial charge in [0.2, 0.25) is 0 Å². The molecule has 0 saturated heterocycles. The minimum atomic E-state index is -0.0249. The Hall–Kier alpha value is -1.71.